The van der Waals surface area contributed by atoms with E-state index in [9.17, 15) is 4.79 Å². The highest BCUT2D eigenvalue weighted by molar-refractivity contribution is 6.74. The molecule has 3 aromatic rings. The molecule has 0 aliphatic rings. The zero-order valence-electron chi connectivity index (χ0n) is 26.1. The third kappa shape index (κ3) is 8.59. The van der Waals surface area contributed by atoms with Crippen LogP contribution in [0.25, 0.3) is 22.3 Å². The number of aromatic nitrogens is 3. The second kappa shape index (κ2) is 12.5. The first-order valence-corrected chi connectivity index (χ1v) is 17.5. The molecule has 1 aromatic carbocycles. The van der Waals surface area contributed by atoms with Gasteiger partial charge in [-0.3, -0.25) is 0 Å². The fraction of sp³-hybridized carbons (Fsp3) is 0.567. The lowest BCUT2D eigenvalue weighted by atomic mass is 10.1. The predicted molar refractivity (Wildman–Crippen MR) is 170 cm³/mol. The smallest absolute Gasteiger partial charge is 0.410 e. The first-order valence-electron chi connectivity index (χ1n) is 13.9. The lowest BCUT2D eigenvalue weighted by Crippen LogP contribution is -2.49. The number of fused-ring (bicyclic) bond motifs is 1. The van der Waals surface area contributed by atoms with E-state index in [1.807, 2.05) is 57.5 Å². The van der Waals surface area contributed by atoms with E-state index in [1.54, 1.807) is 19.3 Å². The number of pyridine rings is 1. The topological polar surface area (TPSA) is 78.7 Å². The average molecular weight is 624 g/mol. The van der Waals surface area contributed by atoms with E-state index in [2.05, 4.69) is 39.0 Å². The molecule has 1 amide bonds. The number of likely N-dealkylation sites (N-methyl/N-ethyl adjacent to an activating group) is 1. The van der Waals surface area contributed by atoms with E-state index in [1.165, 1.54) is 4.90 Å². The first kappa shape index (κ1) is 33.2. The van der Waals surface area contributed by atoms with Gasteiger partial charge in [-0.05, 0) is 77.0 Å². The van der Waals surface area contributed by atoms with E-state index in [0.29, 0.717) is 33.7 Å². The fourth-order valence-corrected chi connectivity index (χ4v) is 5.72. The molecule has 11 heteroatoms. The van der Waals surface area contributed by atoms with Crippen molar-refractivity contribution in [3.63, 3.8) is 0 Å². The number of ether oxygens (including phenoxy) is 2. The molecule has 0 N–H and O–H groups in total. The van der Waals surface area contributed by atoms with Crippen molar-refractivity contribution in [1.82, 2.24) is 19.7 Å². The van der Waals surface area contributed by atoms with E-state index in [-0.39, 0.29) is 23.8 Å². The summed E-state index contributed by atoms with van der Waals surface area (Å²) in [6, 6.07) is 7.40. The highest BCUT2D eigenvalue weighted by Crippen LogP contribution is 2.38. The molecule has 0 spiro atoms. The standard InChI is InChI=1S/C30H44Cl2N4O4Si/c1-19(2)36-27-24(16-33-36)25(32)15-26(34-27)20-12-21(31)14-22(13-20)38-18-23(40-41(10,11)30(6,7)8)17-35(9)28(37)39-29(3,4)5/h12-16,19,23H,17-18H2,1-11H3. The average Bonchev–Trinajstić information content (AvgIpc) is 3.25. The summed E-state index contributed by atoms with van der Waals surface area (Å²) in [5, 5.41) is 6.28. The number of carbonyl (C=O) groups excluding carboxylic acids is 1. The van der Waals surface area contributed by atoms with Crippen molar-refractivity contribution in [3.05, 3.63) is 40.5 Å². The molecule has 8 nitrogen and oxygen atoms in total. The monoisotopic (exact) mass is 622 g/mol. The summed E-state index contributed by atoms with van der Waals surface area (Å²) in [6.07, 6.45) is 0.933. The molecule has 3 rings (SSSR count). The van der Waals surface area contributed by atoms with Crippen molar-refractivity contribution < 1.29 is 18.7 Å². The third-order valence-electron chi connectivity index (χ3n) is 7.06. The number of nitrogens with zero attached hydrogens (tertiary/aromatic N) is 4. The number of rotatable bonds is 9. The zero-order chi connectivity index (χ0) is 30.9. The van der Waals surface area contributed by atoms with E-state index < -0.39 is 20.0 Å². The van der Waals surface area contributed by atoms with Gasteiger partial charge in [-0.15, -0.1) is 0 Å². The largest absolute Gasteiger partial charge is 0.491 e. The van der Waals surface area contributed by atoms with Gasteiger partial charge in [0.2, 0.25) is 0 Å². The van der Waals surface area contributed by atoms with Crippen LogP contribution in [0.15, 0.2) is 30.5 Å². The SMILES string of the molecule is CC(C)n1ncc2c(Cl)cc(-c3cc(Cl)cc(OCC(CN(C)C(=O)OC(C)(C)C)O[Si](C)(C)C(C)(C)C)c3)nc21. The van der Waals surface area contributed by atoms with Crippen molar-refractivity contribution >= 4 is 48.6 Å². The first-order chi connectivity index (χ1) is 18.8. The lowest BCUT2D eigenvalue weighted by Gasteiger charge is -2.40. The van der Waals surface area contributed by atoms with Gasteiger partial charge in [-0.25, -0.2) is 14.5 Å². The highest BCUT2D eigenvalue weighted by Gasteiger charge is 2.40. The van der Waals surface area contributed by atoms with Crippen LogP contribution in [0, 0.1) is 0 Å². The minimum atomic E-state index is -2.19. The van der Waals surface area contributed by atoms with Crippen LogP contribution in [-0.4, -0.2) is 66.0 Å². The van der Waals surface area contributed by atoms with Crippen molar-refractivity contribution in [1.29, 1.82) is 0 Å². The highest BCUT2D eigenvalue weighted by atomic mass is 35.5. The summed E-state index contributed by atoms with van der Waals surface area (Å²) < 4.78 is 20.4. The van der Waals surface area contributed by atoms with Crippen LogP contribution in [0.4, 0.5) is 4.79 Å². The molecule has 0 saturated carbocycles. The van der Waals surface area contributed by atoms with Crippen molar-refractivity contribution in [2.24, 2.45) is 0 Å². The van der Waals surface area contributed by atoms with Crippen LogP contribution < -0.4 is 4.74 Å². The number of benzene rings is 1. The summed E-state index contributed by atoms with van der Waals surface area (Å²) in [6.45, 7) is 21.0. The molecule has 2 aromatic heterocycles. The molecular formula is C30H44Cl2N4O4Si. The maximum Gasteiger partial charge on any atom is 0.410 e. The fourth-order valence-electron chi connectivity index (χ4n) is 3.93. The maximum absolute atomic E-state index is 12.7. The second-order valence-electron chi connectivity index (χ2n) is 13.3. The summed E-state index contributed by atoms with van der Waals surface area (Å²) in [7, 11) is -0.478. The van der Waals surface area contributed by atoms with Gasteiger partial charge in [0.1, 0.15) is 18.0 Å². The molecule has 0 aliphatic carbocycles. The van der Waals surface area contributed by atoms with Gasteiger partial charge in [0, 0.05) is 23.7 Å². The molecule has 2 heterocycles. The predicted octanol–water partition coefficient (Wildman–Crippen LogP) is 8.62. The van der Waals surface area contributed by atoms with Gasteiger partial charge in [0.25, 0.3) is 0 Å². The molecule has 1 unspecified atom stereocenters. The summed E-state index contributed by atoms with van der Waals surface area (Å²) in [5.74, 6) is 0.562. The molecule has 226 valence electrons. The Balaban J connectivity index is 1.88. The Morgan fingerprint density at radius 3 is 2.32 bits per heavy atom. The van der Waals surface area contributed by atoms with Crippen molar-refractivity contribution in [2.75, 3.05) is 20.2 Å². The van der Waals surface area contributed by atoms with Crippen LogP contribution in [0.1, 0.15) is 61.4 Å². The molecular weight excluding hydrogens is 579 g/mol. The van der Waals surface area contributed by atoms with Crippen LogP contribution in [0.3, 0.4) is 0 Å². The molecule has 0 radical (unpaired) electrons. The minimum Gasteiger partial charge on any atom is -0.491 e. The normalized spacial score (nSPS) is 13.5. The zero-order valence-corrected chi connectivity index (χ0v) is 28.6. The van der Waals surface area contributed by atoms with Crippen LogP contribution in [0.5, 0.6) is 5.75 Å². The Morgan fingerprint density at radius 1 is 1.07 bits per heavy atom. The van der Waals surface area contributed by atoms with Gasteiger partial charge in [-0.2, -0.15) is 5.10 Å². The number of hydrogen-bond donors (Lipinski definition) is 0. The number of halogens is 2. The lowest BCUT2D eigenvalue weighted by molar-refractivity contribution is 0.0172. The quantitative estimate of drug-likeness (QED) is 0.222. The molecule has 41 heavy (non-hydrogen) atoms. The van der Waals surface area contributed by atoms with Gasteiger partial charge < -0.3 is 18.8 Å². The molecule has 1 atom stereocenters. The van der Waals surface area contributed by atoms with Crippen LogP contribution in [-0.2, 0) is 9.16 Å². The van der Waals surface area contributed by atoms with Crippen LogP contribution >= 0.6 is 23.2 Å². The Labute approximate surface area is 255 Å². The number of hydrogen-bond acceptors (Lipinski definition) is 6. The molecule has 0 saturated heterocycles. The summed E-state index contributed by atoms with van der Waals surface area (Å²) >= 11 is 13.1. The third-order valence-corrected chi connectivity index (χ3v) is 12.1. The van der Waals surface area contributed by atoms with Gasteiger partial charge >= 0.3 is 6.09 Å². The Bertz CT molecular complexity index is 1380. The molecule has 0 fully saturated rings. The van der Waals surface area contributed by atoms with Crippen LogP contribution in [0.2, 0.25) is 28.2 Å². The van der Waals surface area contributed by atoms with E-state index >= 15 is 0 Å². The van der Waals surface area contributed by atoms with E-state index in [4.69, 9.17) is 42.1 Å². The van der Waals surface area contributed by atoms with Gasteiger partial charge in [0.15, 0.2) is 14.0 Å². The number of amides is 1. The summed E-state index contributed by atoms with van der Waals surface area (Å²) in [4.78, 5) is 19.1. The Kier molecular flexibility index (Phi) is 10.1. The molecule has 0 aliphatic heterocycles. The maximum atomic E-state index is 12.7. The van der Waals surface area contributed by atoms with Gasteiger partial charge in [-0.1, -0.05) is 44.0 Å². The van der Waals surface area contributed by atoms with Crippen molar-refractivity contribution in [3.8, 4) is 17.0 Å². The number of carbonyl (C=O) groups is 1. The molecule has 0 bridgehead atoms. The summed E-state index contributed by atoms with van der Waals surface area (Å²) in [5.41, 5.74) is 1.54. The Hall–Kier alpha value is -2.33. The Morgan fingerprint density at radius 2 is 1.73 bits per heavy atom. The minimum absolute atomic E-state index is 0.0228. The van der Waals surface area contributed by atoms with Gasteiger partial charge in [0.05, 0.1) is 34.9 Å². The second-order valence-corrected chi connectivity index (χ2v) is 18.9. The van der Waals surface area contributed by atoms with Crippen molar-refractivity contribution in [2.45, 2.75) is 91.3 Å². The van der Waals surface area contributed by atoms with E-state index in [0.717, 1.165) is 10.9 Å².